The van der Waals surface area contributed by atoms with Crippen molar-refractivity contribution in [3.05, 3.63) is 0 Å². The first-order valence-corrected chi connectivity index (χ1v) is 1.82. The summed E-state index contributed by atoms with van der Waals surface area (Å²) < 4.78 is 0. The van der Waals surface area contributed by atoms with E-state index in [1.807, 2.05) is 0 Å². The number of primary amides is 1. The summed E-state index contributed by atoms with van der Waals surface area (Å²) in [6.45, 7) is 1.45. The molecule has 0 saturated carbocycles. The summed E-state index contributed by atoms with van der Waals surface area (Å²) in [6.07, 6.45) is 0. The summed E-state index contributed by atoms with van der Waals surface area (Å²) in [5, 5.41) is 0. The van der Waals surface area contributed by atoms with Crippen LogP contribution in [0.15, 0.2) is 0 Å². The van der Waals surface area contributed by atoms with Crippen molar-refractivity contribution in [3.8, 4) is 0 Å². The van der Waals surface area contributed by atoms with E-state index in [0.717, 1.165) is 0 Å². The van der Waals surface area contributed by atoms with Crippen LogP contribution >= 0.6 is 0 Å². The van der Waals surface area contributed by atoms with E-state index in [4.69, 9.17) is 5.73 Å². The molecule has 1 saturated heterocycles. The van der Waals surface area contributed by atoms with Crippen molar-refractivity contribution in [2.75, 3.05) is 0 Å². The summed E-state index contributed by atoms with van der Waals surface area (Å²) >= 11 is 0. The molecule has 0 radical (unpaired) electrons. The zero-order valence-corrected chi connectivity index (χ0v) is 3.80. The Balaban J connectivity index is 2.55. The molecule has 1 aliphatic heterocycles. The van der Waals surface area contributed by atoms with Crippen LogP contribution in [0.25, 0.3) is 0 Å². The van der Waals surface area contributed by atoms with E-state index in [-0.39, 0.29) is 0 Å². The molecule has 0 bridgehead atoms. The third-order valence-electron chi connectivity index (χ3n) is 0.781. The molecule has 0 aromatic heterocycles. The Kier molecular flexibility index (Phi) is 0.625. The minimum Gasteiger partial charge on any atom is -0.365 e. The largest absolute Gasteiger partial charge is 0.365 e. The average molecular weight is 103 g/mol. The van der Waals surface area contributed by atoms with Crippen molar-refractivity contribution >= 4 is 5.91 Å². The maximum Gasteiger partial charge on any atom is 0.307 e. The number of carbonyl (C=O) groups is 1. The monoisotopic (exact) mass is 103 g/mol. The van der Waals surface area contributed by atoms with Crippen molar-refractivity contribution in [1.29, 1.82) is 0 Å². The standard InChI is InChI=1S/C3H5NO3/c1-3(2(4)5)6-7-3/h1H3,(H2,4,5). The SMILES string of the molecule is CC1(C(N)=O)OO1. The zero-order chi connectivity index (χ0) is 5.49. The Morgan fingerprint density at radius 3 is 2.14 bits per heavy atom. The second kappa shape index (κ2) is 0.962. The molecule has 0 atom stereocenters. The number of amides is 1. The zero-order valence-electron chi connectivity index (χ0n) is 3.80. The highest BCUT2D eigenvalue weighted by atomic mass is 17.4. The Hall–Kier alpha value is -0.610. The first kappa shape index (κ1) is 4.55. The first-order chi connectivity index (χ1) is 3.15. The van der Waals surface area contributed by atoms with Crippen LogP contribution < -0.4 is 5.73 Å². The van der Waals surface area contributed by atoms with E-state index >= 15 is 0 Å². The minimum atomic E-state index is -1.11. The highest BCUT2D eigenvalue weighted by molar-refractivity contribution is 5.82. The van der Waals surface area contributed by atoms with E-state index in [1.165, 1.54) is 6.92 Å². The second-order valence-electron chi connectivity index (χ2n) is 1.48. The van der Waals surface area contributed by atoms with Crippen LogP contribution in [0.3, 0.4) is 0 Å². The fourth-order valence-electron chi connectivity index (χ4n) is 0.145. The summed E-state index contributed by atoms with van der Waals surface area (Å²) in [7, 11) is 0. The van der Waals surface area contributed by atoms with Gasteiger partial charge in [0.1, 0.15) is 0 Å². The van der Waals surface area contributed by atoms with Gasteiger partial charge in [-0.25, -0.2) is 0 Å². The van der Waals surface area contributed by atoms with E-state index < -0.39 is 11.7 Å². The quantitative estimate of drug-likeness (QED) is 0.347. The highest BCUT2D eigenvalue weighted by Gasteiger charge is 2.50. The number of hydrogen-bond acceptors (Lipinski definition) is 3. The van der Waals surface area contributed by atoms with Gasteiger partial charge in [-0.2, -0.15) is 9.78 Å². The molecule has 1 heterocycles. The molecule has 0 aromatic rings. The van der Waals surface area contributed by atoms with Gasteiger partial charge in [-0.1, -0.05) is 0 Å². The fraction of sp³-hybridized carbons (Fsp3) is 0.667. The van der Waals surface area contributed by atoms with Gasteiger partial charge in [-0.3, -0.25) is 4.79 Å². The van der Waals surface area contributed by atoms with Crippen molar-refractivity contribution in [2.45, 2.75) is 12.7 Å². The van der Waals surface area contributed by atoms with E-state index in [1.54, 1.807) is 0 Å². The third kappa shape index (κ3) is 0.574. The Morgan fingerprint density at radius 2 is 2.14 bits per heavy atom. The smallest absolute Gasteiger partial charge is 0.307 e. The van der Waals surface area contributed by atoms with Crippen LogP contribution in [0.5, 0.6) is 0 Å². The number of rotatable bonds is 1. The number of nitrogens with two attached hydrogens (primary N) is 1. The van der Waals surface area contributed by atoms with Crippen molar-refractivity contribution < 1.29 is 14.6 Å². The molecule has 1 aliphatic rings. The van der Waals surface area contributed by atoms with Crippen LogP contribution in [0.2, 0.25) is 0 Å². The Bertz CT molecular complexity index is 107. The Morgan fingerprint density at radius 1 is 1.71 bits per heavy atom. The molecular formula is C3H5NO3. The summed E-state index contributed by atoms with van der Waals surface area (Å²) in [5.41, 5.74) is 4.74. The van der Waals surface area contributed by atoms with Gasteiger partial charge >= 0.3 is 5.79 Å². The van der Waals surface area contributed by atoms with E-state index in [9.17, 15) is 4.79 Å². The minimum absolute atomic E-state index is 0.590. The van der Waals surface area contributed by atoms with Gasteiger partial charge in [-0.05, 0) is 0 Å². The fourth-order valence-corrected chi connectivity index (χ4v) is 0.145. The molecule has 0 aliphatic carbocycles. The molecule has 1 fully saturated rings. The van der Waals surface area contributed by atoms with Crippen LogP contribution in [-0.4, -0.2) is 11.7 Å². The van der Waals surface area contributed by atoms with Gasteiger partial charge in [0.05, 0.1) is 0 Å². The van der Waals surface area contributed by atoms with Crippen molar-refractivity contribution in [2.24, 2.45) is 5.73 Å². The summed E-state index contributed by atoms with van der Waals surface area (Å²) in [5.74, 6) is -1.70. The average Bonchev–Trinajstić information content (AvgIpc) is 2.21. The lowest BCUT2D eigenvalue weighted by Gasteiger charge is -1.85. The predicted octanol–water partition coefficient (Wildman–Crippen LogP) is -0.850. The molecule has 0 unspecified atom stereocenters. The van der Waals surface area contributed by atoms with E-state index in [2.05, 4.69) is 9.78 Å². The molecule has 1 rings (SSSR count). The van der Waals surface area contributed by atoms with Crippen LogP contribution in [0, 0.1) is 0 Å². The summed E-state index contributed by atoms with van der Waals surface area (Å²) in [6, 6.07) is 0. The lowest BCUT2D eigenvalue weighted by molar-refractivity contribution is -0.123. The summed E-state index contributed by atoms with van der Waals surface area (Å²) in [4.78, 5) is 18.4. The second-order valence-corrected chi connectivity index (χ2v) is 1.48. The van der Waals surface area contributed by atoms with Crippen LogP contribution in [0.1, 0.15) is 6.92 Å². The lowest BCUT2D eigenvalue weighted by atomic mass is 10.3. The molecule has 2 N–H and O–H groups in total. The van der Waals surface area contributed by atoms with Gasteiger partial charge in [0.15, 0.2) is 0 Å². The highest BCUT2D eigenvalue weighted by Crippen LogP contribution is 2.26. The molecule has 0 aromatic carbocycles. The Labute approximate surface area is 40.1 Å². The maximum atomic E-state index is 10.1. The topological polar surface area (TPSA) is 68.2 Å². The molecule has 1 amide bonds. The van der Waals surface area contributed by atoms with Crippen molar-refractivity contribution in [1.82, 2.24) is 0 Å². The molecular weight excluding hydrogens is 98.0 g/mol. The molecule has 40 valence electrons. The van der Waals surface area contributed by atoms with Crippen LogP contribution in [-0.2, 0) is 14.6 Å². The van der Waals surface area contributed by atoms with Crippen molar-refractivity contribution in [3.63, 3.8) is 0 Å². The number of carbonyl (C=O) groups excluding carboxylic acids is 1. The third-order valence-corrected chi connectivity index (χ3v) is 0.781. The van der Waals surface area contributed by atoms with Gasteiger partial charge < -0.3 is 5.73 Å². The van der Waals surface area contributed by atoms with Gasteiger partial charge in [0.2, 0.25) is 0 Å². The van der Waals surface area contributed by atoms with Crippen LogP contribution in [0.4, 0.5) is 0 Å². The maximum absolute atomic E-state index is 10.1. The molecule has 4 nitrogen and oxygen atoms in total. The first-order valence-electron chi connectivity index (χ1n) is 1.82. The van der Waals surface area contributed by atoms with E-state index in [0.29, 0.717) is 0 Å². The molecule has 4 heteroatoms. The molecule has 7 heavy (non-hydrogen) atoms. The normalized spacial score (nSPS) is 24.1. The number of hydrogen-bond donors (Lipinski definition) is 1. The van der Waals surface area contributed by atoms with Gasteiger partial charge in [0, 0.05) is 6.92 Å². The lowest BCUT2D eigenvalue weighted by Crippen LogP contribution is -2.28. The van der Waals surface area contributed by atoms with Gasteiger partial charge in [-0.15, -0.1) is 0 Å². The molecule has 0 spiro atoms. The van der Waals surface area contributed by atoms with Gasteiger partial charge in [0.25, 0.3) is 5.91 Å². The predicted molar refractivity (Wildman–Crippen MR) is 19.8 cm³/mol.